The van der Waals surface area contributed by atoms with Gasteiger partial charge in [0.15, 0.2) is 15.0 Å². The van der Waals surface area contributed by atoms with Crippen molar-refractivity contribution >= 4 is 27.4 Å². The van der Waals surface area contributed by atoms with Gasteiger partial charge >= 0.3 is 6.18 Å². The van der Waals surface area contributed by atoms with Crippen LogP contribution in [0.25, 0.3) is 0 Å². The van der Waals surface area contributed by atoms with Gasteiger partial charge in [-0.05, 0) is 53.7 Å². The number of hydrogen-bond acceptors (Lipinski definition) is 6. The maximum absolute atomic E-state index is 13.1. The Morgan fingerprint density at radius 1 is 1.00 bits per heavy atom. The average molecular weight is 425 g/mol. The quantitative estimate of drug-likeness (QED) is 0.617. The molecule has 0 aliphatic rings. The van der Waals surface area contributed by atoms with E-state index in [2.05, 4.69) is 9.97 Å². The van der Waals surface area contributed by atoms with Gasteiger partial charge in [-0.3, -0.25) is 0 Å². The summed E-state index contributed by atoms with van der Waals surface area (Å²) in [4.78, 5) is 8.67. The highest BCUT2D eigenvalue weighted by atomic mass is 32.2. The van der Waals surface area contributed by atoms with E-state index >= 15 is 0 Å². The molecular weight excluding hydrogens is 411 g/mol. The molecule has 1 heterocycles. The second-order valence-electron chi connectivity index (χ2n) is 5.75. The van der Waals surface area contributed by atoms with E-state index in [1.807, 2.05) is 0 Å². The molecule has 2 aromatic carbocycles. The molecule has 1 aromatic heterocycles. The Morgan fingerprint density at radius 2 is 1.68 bits per heavy atom. The van der Waals surface area contributed by atoms with Crippen molar-refractivity contribution in [2.45, 2.75) is 26.9 Å². The number of nitrogens with zero attached hydrogens (tertiary/aromatic N) is 2. The first-order valence-electron chi connectivity index (χ1n) is 7.89. The van der Waals surface area contributed by atoms with Crippen molar-refractivity contribution in [3.8, 4) is 0 Å². The maximum Gasteiger partial charge on any atom is 0.416 e. The summed E-state index contributed by atoms with van der Waals surface area (Å²) in [6, 6.07) is 12.0. The molecule has 5 nitrogen and oxygen atoms in total. The third-order valence-corrected chi connectivity index (χ3v) is 6.28. The molecule has 28 heavy (non-hydrogen) atoms. The molecule has 3 rings (SSSR count). The first-order valence-corrected chi connectivity index (χ1v) is 10.4. The summed E-state index contributed by atoms with van der Waals surface area (Å²) >= 11 is 1.19. The molecule has 0 aliphatic heterocycles. The highest BCUT2D eigenvalue weighted by Gasteiger charge is 2.34. The fraction of sp³-hybridized carbons (Fsp3) is 0.111. The number of aromatic nitrogens is 2. The lowest BCUT2D eigenvalue weighted by atomic mass is 10.1. The number of nitrogen functional groups attached to an aromatic ring is 1. The Bertz CT molecular complexity index is 1090. The smallest absolute Gasteiger partial charge is 0.384 e. The monoisotopic (exact) mass is 425 g/mol. The van der Waals surface area contributed by atoms with Gasteiger partial charge in [-0.2, -0.15) is 13.2 Å². The largest absolute Gasteiger partial charge is 0.416 e. The summed E-state index contributed by atoms with van der Waals surface area (Å²) in [5.41, 5.74) is 4.34. The molecule has 146 valence electrons. The van der Waals surface area contributed by atoms with Gasteiger partial charge in [0, 0.05) is 11.1 Å². The third-order valence-electron chi connectivity index (χ3n) is 3.72. The molecule has 0 unspecified atom stereocenters. The van der Waals surface area contributed by atoms with Crippen molar-refractivity contribution in [1.82, 2.24) is 9.97 Å². The van der Waals surface area contributed by atoms with E-state index in [4.69, 9.17) is 5.73 Å². The van der Waals surface area contributed by atoms with Gasteiger partial charge in [-0.15, -0.1) is 0 Å². The number of halogens is 3. The molecular formula is C18H14F3N3O2S2. The summed E-state index contributed by atoms with van der Waals surface area (Å²) in [7, 11) is -3.95. The second-order valence-corrected chi connectivity index (χ2v) is 8.78. The lowest BCUT2D eigenvalue weighted by Gasteiger charge is -2.13. The minimum atomic E-state index is -4.62. The van der Waals surface area contributed by atoms with Crippen LogP contribution in [0.15, 0.2) is 75.7 Å². The summed E-state index contributed by atoms with van der Waals surface area (Å²) in [5, 5.41) is 0.398. The van der Waals surface area contributed by atoms with E-state index in [0.717, 1.165) is 6.07 Å². The Hall–Kier alpha value is -2.59. The van der Waals surface area contributed by atoms with Gasteiger partial charge in [0.2, 0.25) is 0 Å². The van der Waals surface area contributed by atoms with Crippen LogP contribution < -0.4 is 5.73 Å². The first-order chi connectivity index (χ1) is 13.1. The highest BCUT2D eigenvalue weighted by molar-refractivity contribution is 7.99. The van der Waals surface area contributed by atoms with Crippen LogP contribution in [0.2, 0.25) is 0 Å². The SMILES string of the molecule is Nc1ccnc(Sc2ccc(S(=O)(=O)Cc3ccccc3C(F)(F)F)cc2)n1. The van der Waals surface area contributed by atoms with Crippen LogP contribution >= 0.6 is 11.8 Å². The molecule has 0 saturated carbocycles. The van der Waals surface area contributed by atoms with Gasteiger partial charge in [-0.1, -0.05) is 18.2 Å². The van der Waals surface area contributed by atoms with Crippen LogP contribution in [0.5, 0.6) is 0 Å². The minimum absolute atomic E-state index is 0.0673. The lowest BCUT2D eigenvalue weighted by molar-refractivity contribution is -0.138. The first kappa shape index (κ1) is 20.2. The normalized spacial score (nSPS) is 12.1. The molecule has 0 atom stereocenters. The summed E-state index contributed by atoms with van der Waals surface area (Å²) in [6.07, 6.45) is -3.12. The number of anilines is 1. The van der Waals surface area contributed by atoms with Crippen LogP contribution in [0.3, 0.4) is 0 Å². The molecule has 0 aliphatic carbocycles. The van der Waals surface area contributed by atoms with Crippen LogP contribution in [-0.4, -0.2) is 18.4 Å². The highest BCUT2D eigenvalue weighted by Crippen LogP contribution is 2.33. The number of alkyl halides is 3. The molecule has 0 spiro atoms. The van der Waals surface area contributed by atoms with E-state index in [9.17, 15) is 21.6 Å². The standard InChI is InChI=1S/C18H14F3N3O2S2/c19-18(20,21)15-4-2-1-3-12(15)11-28(25,26)14-7-5-13(6-8-14)27-17-23-10-9-16(22)24-17/h1-10H,11H2,(H2,22,23,24). The molecule has 0 amide bonds. The van der Waals surface area contributed by atoms with E-state index in [0.29, 0.717) is 15.9 Å². The van der Waals surface area contributed by atoms with Crippen molar-refractivity contribution in [3.63, 3.8) is 0 Å². The Kier molecular flexibility index (Phi) is 5.61. The second kappa shape index (κ2) is 7.80. The van der Waals surface area contributed by atoms with Crippen LogP contribution in [0, 0.1) is 0 Å². The Labute approximate surface area is 163 Å². The van der Waals surface area contributed by atoms with Gasteiger partial charge in [0.1, 0.15) is 5.82 Å². The maximum atomic E-state index is 13.1. The van der Waals surface area contributed by atoms with Crippen molar-refractivity contribution in [2.24, 2.45) is 0 Å². The zero-order valence-electron chi connectivity index (χ0n) is 14.2. The van der Waals surface area contributed by atoms with Gasteiger partial charge in [0.25, 0.3) is 0 Å². The topological polar surface area (TPSA) is 85.9 Å². The lowest BCUT2D eigenvalue weighted by Crippen LogP contribution is -2.13. The van der Waals surface area contributed by atoms with E-state index in [-0.39, 0.29) is 10.5 Å². The van der Waals surface area contributed by atoms with Crippen LogP contribution in [0.4, 0.5) is 19.0 Å². The zero-order valence-corrected chi connectivity index (χ0v) is 15.9. The number of sulfone groups is 1. The van der Waals surface area contributed by atoms with Gasteiger partial charge < -0.3 is 5.73 Å². The Balaban J connectivity index is 1.82. The van der Waals surface area contributed by atoms with Crippen molar-refractivity contribution in [1.29, 1.82) is 0 Å². The number of benzene rings is 2. The molecule has 3 aromatic rings. The average Bonchev–Trinajstić information content (AvgIpc) is 2.61. The van der Waals surface area contributed by atoms with E-state index < -0.39 is 27.3 Å². The van der Waals surface area contributed by atoms with Gasteiger partial charge in [-0.25, -0.2) is 18.4 Å². The fourth-order valence-corrected chi connectivity index (χ4v) is 4.56. The third kappa shape index (κ3) is 4.82. The predicted molar refractivity (Wildman–Crippen MR) is 99.3 cm³/mol. The van der Waals surface area contributed by atoms with Crippen LogP contribution in [-0.2, 0) is 21.8 Å². The molecule has 2 N–H and O–H groups in total. The van der Waals surface area contributed by atoms with Crippen molar-refractivity contribution < 1.29 is 21.6 Å². The summed E-state index contributed by atoms with van der Waals surface area (Å²) in [6.45, 7) is 0. The molecule has 0 bridgehead atoms. The zero-order chi connectivity index (χ0) is 20.4. The number of nitrogens with two attached hydrogens (primary N) is 1. The fourth-order valence-electron chi connectivity index (χ4n) is 2.43. The van der Waals surface area contributed by atoms with Crippen molar-refractivity contribution in [2.75, 3.05) is 5.73 Å². The van der Waals surface area contributed by atoms with E-state index in [1.54, 1.807) is 18.2 Å². The molecule has 0 saturated heterocycles. The van der Waals surface area contributed by atoms with Crippen LogP contribution in [0.1, 0.15) is 11.1 Å². The predicted octanol–water partition coefficient (Wildman–Crippen LogP) is 4.20. The van der Waals surface area contributed by atoms with E-state index in [1.165, 1.54) is 48.3 Å². The van der Waals surface area contributed by atoms with Gasteiger partial charge in [0.05, 0.1) is 16.2 Å². The minimum Gasteiger partial charge on any atom is -0.384 e. The molecule has 0 radical (unpaired) electrons. The summed E-state index contributed by atoms with van der Waals surface area (Å²) in [5.74, 6) is -0.437. The molecule has 10 heteroatoms. The summed E-state index contributed by atoms with van der Waals surface area (Å²) < 4.78 is 64.4. The molecule has 0 fully saturated rings. The number of hydrogen-bond donors (Lipinski definition) is 1. The Morgan fingerprint density at radius 3 is 2.32 bits per heavy atom. The van der Waals surface area contributed by atoms with Crippen molar-refractivity contribution in [3.05, 3.63) is 71.9 Å². The number of rotatable bonds is 5.